The lowest BCUT2D eigenvalue weighted by Gasteiger charge is -2.38. The van der Waals surface area contributed by atoms with Crippen LogP contribution in [0.1, 0.15) is 56.6 Å². The van der Waals surface area contributed by atoms with E-state index in [2.05, 4.69) is 31.1 Å². The lowest BCUT2D eigenvalue weighted by Crippen LogP contribution is -2.46. The van der Waals surface area contributed by atoms with Crippen LogP contribution in [-0.4, -0.2) is 34.9 Å². The average molecular weight is 289 g/mol. The van der Waals surface area contributed by atoms with Crippen molar-refractivity contribution >= 4 is 11.7 Å². The molecule has 0 aromatic carbocycles. The second-order valence-corrected chi connectivity index (χ2v) is 5.97. The molecule has 1 N–H and O–H groups in total. The van der Waals surface area contributed by atoms with Crippen LogP contribution in [0.4, 0.5) is 5.82 Å². The van der Waals surface area contributed by atoms with Crippen molar-refractivity contribution in [3.8, 4) is 0 Å². The summed E-state index contributed by atoms with van der Waals surface area (Å²) in [4.78, 5) is 19.4. The first-order chi connectivity index (χ1) is 10.1. The molecule has 2 atom stereocenters. The molecule has 1 saturated heterocycles. The molecular weight excluding hydrogens is 262 g/mol. The van der Waals surface area contributed by atoms with Crippen LogP contribution in [0, 0.1) is 5.92 Å². The van der Waals surface area contributed by atoms with E-state index in [0.717, 1.165) is 43.0 Å². The van der Waals surface area contributed by atoms with E-state index in [0.29, 0.717) is 12.0 Å². The van der Waals surface area contributed by atoms with Gasteiger partial charge in [-0.2, -0.15) is 0 Å². The van der Waals surface area contributed by atoms with Crippen LogP contribution in [0.2, 0.25) is 0 Å². The third kappa shape index (κ3) is 3.55. The third-order valence-electron chi connectivity index (χ3n) is 4.48. The maximum Gasteiger partial charge on any atom is 0.254 e. The fourth-order valence-electron chi connectivity index (χ4n) is 2.95. The van der Waals surface area contributed by atoms with Gasteiger partial charge in [0, 0.05) is 30.4 Å². The third-order valence-corrected chi connectivity index (χ3v) is 4.48. The Labute approximate surface area is 127 Å². The SMILES string of the molecule is CCNc1cc(C(=O)N2CCCC(C)C2C)cc(CC)n1. The molecule has 1 aliphatic rings. The smallest absolute Gasteiger partial charge is 0.254 e. The minimum absolute atomic E-state index is 0.144. The van der Waals surface area contributed by atoms with E-state index in [1.807, 2.05) is 24.0 Å². The number of piperidine rings is 1. The van der Waals surface area contributed by atoms with Crippen LogP contribution in [-0.2, 0) is 6.42 Å². The number of carbonyl (C=O) groups is 1. The van der Waals surface area contributed by atoms with Gasteiger partial charge in [0.25, 0.3) is 5.91 Å². The molecule has 1 fully saturated rings. The number of pyridine rings is 1. The number of aryl methyl sites for hydroxylation is 1. The molecule has 4 heteroatoms. The van der Waals surface area contributed by atoms with Crippen LogP contribution >= 0.6 is 0 Å². The largest absolute Gasteiger partial charge is 0.370 e. The Hall–Kier alpha value is -1.58. The number of carbonyl (C=O) groups excluding carboxylic acids is 1. The summed E-state index contributed by atoms with van der Waals surface area (Å²) >= 11 is 0. The first-order valence-corrected chi connectivity index (χ1v) is 8.12. The zero-order valence-electron chi connectivity index (χ0n) is 13.6. The molecule has 0 saturated carbocycles. The summed E-state index contributed by atoms with van der Waals surface area (Å²) in [6.45, 7) is 10.2. The van der Waals surface area contributed by atoms with Crippen molar-refractivity contribution in [2.75, 3.05) is 18.4 Å². The molecule has 1 aliphatic heterocycles. The van der Waals surface area contributed by atoms with Gasteiger partial charge < -0.3 is 10.2 Å². The van der Waals surface area contributed by atoms with Gasteiger partial charge in [-0.05, 0) is 51.2 Å². The normalized spacial score (nSPS) is 22.2. The fraction of sp³-hybridized carbons (Fsp3) is 0.647. The minimum Gasteiger partial charge on any atom is -0.370 e. The highest BCUT2D eigenvalue weighted by molar-refractivity contribution is 5.95. The maximum atomic E-state index is 12.9. The van der Waals surface area contributed by atoms with Gasteiger partial charge in [0.2, 0.25) is 0 Å². The van der Waals surface area contributed by atoms with Crippen molar-refractivity contribution in [2.45, 2.75) is 53.0 Å². The first kappa shape index (κ1) is 15.8. The van der Waals surface area contributed by atoms with Crippen LogP contribution in [0.15, 0.2) is 12.1 Å². The summed E-state index contributed by atoms with van der Waals surface area (Å²) in [7, 11) is 0. The lowest BCUT2D eigenvalue weighted by molar-refractivity contribution is 0.0551. The highest BCUT2D eigenvalue weighted by Gasteiger charge is 2.29. The molecule has 2 unspecified atom stereocenters. The van der Waals surface area contributed by atoms with Gasteiger partial charge >= 0.3 is 0 Å². The number of nitrogens with zero attached hydrogens (tertiary/aromatic N) is 2. The lowest BCUT2D eigenvalue weighted by atomic mass is 9.91. The van der Waals surface area contributed by atoms with E-state index in [1.165, 1.54) is 6.42 Å². The summed E-state index contributed by atoms with van der Waals surface area (Å²) in [5.41, 5.74) is 1.73. The summed E-state index contributed by atoms with van der Waals surface area (Å²) < 4.78 is 0. The molecule has 0 aliphatic carbocycles. The van der Waals surface area contributed by atoms with Gasteiger partial charge in [-0.25, -0.2) is 4.98 Å². The summed E-state index contributed by atoms with van der Waals surface area (Å²) in [5, 5.41) is 3.22. The average Bonchev–Trinajstić information content (AvgIpc) is 2.49. The second kappa shape index (κ2) is 6.92. The van der Waals surface area contributed by atoms with Crippen molar-refractivity contribution in [1.82, 2.24) is 9.88 Å². The van der Waals surface area contributed by atoms with E-state index in [1.54, 1.807) is 0 Å². The minimum atomic E-state index is 0.144. The number of rotatable bonds is 4. The van der Waals surface area contributed by atoms with Crippen molar-refractivity contribution in [3.05, 3.63) is 23.4 Å². The summed E-state index contributed by atoms with van der Waals surface area (Å²) in [6, 6.07) is 4.14. The Balaban J connectivity index is 2.27. The highest BCUT2D eigenvalue weighted by atomic mass is 16.2. The molecule has 2 rings (SSSR count). The van der Waals surface area contributed by atoms with Gasteiger partial charge in [-0.3, -0.25) is 4.79 Å². The number of hydrogen-bond acceptors (Lipinski definition) is 3. The number of anilines is 1. The van der Waals surface area contributed by atoms with Gasteiger partial charge in [-0.1, -0.05) is 13.8 Å². The topological polar surface area (TPSA) is 45.2 Å². The number of amides is 1. The predicted octanol–water partition coefficient (Wildman–Crippen LogP) is 3.34. The van der Waals surface area contributed by atoms with Gasteiger partial charge in [-0.15, -0.1) is 0 Å². The Kier molecular flexibility index (Phi) is 5.21. The number of nitrogens with one attached hydrogen (secondary N) is 1. The molecule has 0 bridgehead atoms. The van der Waals surface area contributed by atoms with Gasteiger partial charge in [0.1, 0.15) is 5.82 Å². The molecule has 1 amide bonds. The Morgan fingerprint density at radius 3 is 2.81 bits per heavy atom. The van der Waals surface area contributed by atoms with Crippen LogP contribution in [0.5, 0.6) is 0 Å². The van der Waals surface area contributed by atoms with Crippen LogP contribution in [0.3, 0.4) is 0 Å². The molecule has 1 aromatic heterocycles. The molecule has 0 spiro atoms. The van der Waals surface area contributed by atoms with E-state index in [9.17, 15) is 4.79 Å². The van der Waals surface area contributed by atoms with Crippen molar-refractivity contribution in [3.63, 3.8) is 0 Å². The number of likely N-dealkylation sites (tertiary alicyclic amines) is 1. The molecule has 2 heterocycles. The van der Waals surface area contributed by atoms with Gasteiger partial charge in [0.05, 0.1) is 0 Å². The summed E-state index contributed by atoms with van der Waals surface area (Å²) in [5.74, 6) is 1.52. The summed E-state index contributed by atoms with van der Waals surface area (Å²) in [6.07, 6.45) is 3.15. The molecule has 1 aromatic rings. The van der Waals surface area contributed by atoms with Crippen molar-refractivity contribution < 1.29 is 4.79 Å². The monoisotopic (exact) mass is 289 g/mol. The molecule has 4 nitrogen and oxygen atoms in total. The number of aromatic nitrogens is 1. The Morgan fingerprint density at radius 1 is 1.38 bits per heavy atom. The van der Waals surface area contributed by atoms with Crippen molar-refractivity contribution in [2.24, 2.45) is 5.92 Å². The van der Waals surface area contributed by atoms with Gasteiger partial charge in [0.15, 0.2) is 0 Å². The zero-order valence-corrected chi connectivity index (χ0v) is 13.6. The zero-order chi connectivity index (χ0) is 15.4. The van der Waals surface area contributed by atoms with Crippen LogP contribution < -0.4 is 5.32 Å². The predicted molar refractivity (Wildman–Crippen MR) is 86.7 cm³/mol. The Morgan fingerprint density at radius 2 is 2.14 bits per heavy atom. The van der Waals surface area contributed by atoms with E-state index >= 15 is 0 Å². The Bertz CT molecular complexity index is 501. The standard InChI is InChI=1S/C17H27N3O/c1-5-15-10-14(11-16(19-15)18-6-2)17(21)20-9-7-8-12(3)13(20)4/h10-13H,5-9H2,1-4H3,(H,18,19). The quantitative estimate of drug-likeness (QED) is 0.924. The molecule has 116 valence electrons. The second-order valence-electron chi connectivity index (χ2n) is 5.97. The van der Waals surface area contributed by atoms with E-state index in [4.69, 9.17) is 0 Å². The van der Waals surface area contributed by atoms with Crippen LogP contribution in [0.25, 0.3) is 0 Å². The molecule has 21 heavy (non-hydrogen) atoms. The fourth-order valence-corrected chi connectivity index (χ4v) is 2.95. The molecule has 0 radical (unpaired) electrons. The maximum absolute atomic E-state index is 12.9. The van der Waals surface area contributed by atoms with E-state index in [-0.39, 0.29) is 5.91 Å². The van der Waals surface area contributed by atoms with E-state index < -0.39 is 0 Å². The molecular formula is C17H27N3O. The first-order valence-electron chi connectivity index (χ1n) is 8.12. The number of hydrogen-bond donors (Lipinski definition) is 1. The van der Waals surface area contributed by atoms with Crippen molar-refractivity contribution in [1.29, 1.82) is 0 Å². The highest BCUT2D eigenvalue weighted by Crippen LogP contribution is 2.25.